The Labute approximate surface area is 123 Å². The van der Waals surface area contributed by atoms with Crippen LogP contribution in [0.1, 0.15) is 31.9 Å². The van der Waals surface area contributed by atoms with Crippen molar-refractivity contribution in [2.45, 2.75) is 26.4 Å². The average molecular weight is 319 g/mol. The predicted octanol–water partition coefficient (Wildman–Crippen LogP) is 5.20. The summed E-state index contributed by atoms with van der Waals surface area (Å²) in [5, 5.41) is 10.3. The van der Waals surface area contributed by atoms with E-state index < -0.39 is 6.10 Å². The quantitative estimate of drug-likeness (QED) is 0.821. The Morgan fingerprint density at radius 1 is 1.00 bits per heavy atom. The molecule has 0 aliphatic heterocycles. The fourth-order valence-corrected chi connectivity index (χ4v) is 2.69. The third-order valence-electron chi connectivity index (χ3n) is 3.16. The SMILES string of the molecule is CC(C)CC(O)c1cc(-c2ccccc2)ccc1Br. The van der Waals surface area contributed by atoms with Gasteiger partial charge in [-0.15, -0.1) is 0 Å². The van der Waals surface area contributed by atoms with Gasteiger partial charge in [0.2, 0.25) is 0 Å². The molecule has 0 saturated carbocycles. The minimum absolute atomic E-state index is 0.418. The number of hydrogen-bond donors (Lipinski definition) is 1. The smallest absolute Gasteiger partial charge is 0.0803 e. The molecule has 0 spiro atoms. The van der Waals surface area contributed by atoms with Crippen LogP contribution in [0.3, 0.4) is 0 Å². The van der Waals surface area contributed by atoms with E-state index in [1.54, 1.807) is 0 Å². The van der Waals surface area contributed by atoms with Crippen molar-refractivity contribution >= 4 is 15.9 Å². The summed E-state index contributed by atoms with van der Waals surface area (Å²) >= 11 is 3.53. The monoisotopic (exact) mass is 318 g/mol. The molecule has 2 rings (SSSR count). The van der Waals surface area contributed by atoms with Crippen molar-refractivity contribution in [1.82, 2.24) is 0 Å². The molecule has 0 fully saturated rings. The van der Waals surface area contributed by atoms with Crippen LogP contribution in [0.4, 0.5) is 0 Å². The molecule has 2 aromatic rings. The minimum Gasteiger partial charge on any atom is -0.388 e. The first-order valence-corrected chi connectivity index (χ1v) is 7.40. The van der Waals surface area contributed by atoms with E-state index in [-0.39, 0.29) is 0 Å². The maximum Gasteiger partial charge on any atom is 0.0803 e. The van der Waals surface area contributed by atoms with Crippen LogP contribution in [0.15, 0.2) is 53.0 Å². The second kappa shape index (κ2) is 6.36. The molecule has 0 heterocycles. The highest BCUT2D eigenvalue weighted by Gasteiger charge is 2.14. The van der Waals surface area contributed by atoms with Crippen LogP contribution in [0.5, 0.6) is 0 Å². The van der Waals surface area contributed by atoms with Crippen LogP contribution in [0.2, 0.25) is 0 Å². The lowest BCUT2D eigenvalue weighted by molar-refractivity contribution is 0.150. The summed E-state index contributed by atoms with van der Waals surface area (Å²) in [5.41, 5.74) is 3.28. The summed E-state index contributed by atoms with van der Waals surface area (Å²) in [6.07, 6.45) is 0.356. The van der Waals surface area contributed by atoms with Gasteiger partial charge >= 0.3 is 0 Å². The van der Waals surface area contributed by atoms with Gasteiger partial charge in [0.05, 0.1) is 6.10 Å². The van der Waals surface area contributed by atoms with Crippen LogP contribution in [0.25, 0.3) is 11.1 Å². The highest BCUT2D eigenvalue weighted by atomic mass is 79.9. The lowest BCUT2D eigenvalue weighted by Gasteiger charge is -2.16. The van der Waals surface area contributed by atoms with E-state index in [0.29, 0.717) is 5.92 Å². The fraction of sp³-hybridized carbons (Fsp3) is 0.294. The van der Waals surface area contributed by atoms with Crippen molar-refractivity contribution in [2.24, 2.45) is 5.92 Å². The van der Waals surface area contributed by atoms with Crippen LogP contribution in [0, 0.1) is 5.92 Å². The summed E-state index contributed by atoms with van der Waals surface area (Å²) in [6.45, 7) is 4.25. The van der Waals surface area contributed by atoms with Crippen LogP contribution < -0.4 is 0 Å². The van der Waals surface area contributed by atoms with E-state index in [4.69, 9.17) is 0 Å². The van der Waals surface area contributed by atoms with Gasteiger partial charge in [0.1, 0.15) is 0 Å². The standard InChI is InChI=1S/C17H19BrO/c1-12(2)10-17(19)15-11-14(8-9-16(15)18)13-6-4-3-5-7-13/h3-9,11-12,17,19H,10H2,1-2H3. The maximum absolute atomic E-state index is 10.3. The molecule has 0 amide bonds. The Balaban J connectivity index is 2.35. The largest absolute Gasteiger partial charge is 0.388 e. The minimum atomic E-state index is -0.418. The lowest BCUT2D eigenvalue weighted by Crippen LogP contribution is -2.03. The zero-order valence-corrected chi connectivity index (χ0v) is 12.9. The summed E-state index contributed by atoms with van der Waals surface area (Å²) in [7, 11) is 0. The molecule has 1 atom stereocenters. The first kappa shape index (κ1) is 14.3. The summed E-state index contributed by atoms with van der Waals surface area (Å²) in [4.78, 5) is 0. The first-order chi connectivity index (χ1) is 9.08. The average Bonchev–Trinajstić information content (AvgIpc) is 2.39. The Kier molecular flexibility index (Phi) is 4.78. The molecule has 1 unspecified atom stereocenters. The molecule has 0 aliphatic rings. The number of rotatable bonds is 4. The summed E-state index contributed by atoms with van der Waals surface area (Å²) in [5.74, 6) is 0.474. The first-order valence-electron chi connectivity index (χ1n) is 6.61. The van der Waals surface area contributed by atoms with Crippen molar-refractivity contribution < 1.29 is 5.11 Å². The molecular weight excluding hydrogens is 300 g/mol. The molecule has 0 radical (unpaired) electrons. The van der Waals surface area contributed by atoms with Crippen molar-refractivity contribution in [3.05, 3.63) is 58.6 Å². The van der Waals surface area contributed by atoms with E-state index in [9.17, 15) is 5.11 Å². The molecule has 0 aromatic heterocycles. The van der Waals surface area contributed by atoms with Gasteiger partial charge in [-0.2, -0.15) is 0 Å². The van der Waals surface area contributed by atoms with Gasteiger partial charge in [-0.25, -0.2) is 0 Å². The molecule has 2 heteroatoms. The highest BCUT2D eigenvalue weighted by molar-refractivity contribution is 9.10. The molecule has 2 aromatic carbocycles. The second-order valence-corrected chi connectivity index (χ2v) is 6.10. The lowest BCUT2D eigenvalue weighted by atomic mass is 9.96. The van der Waals surface area contributed by atoms with Gasteiger partial charge in [0.25, 0.3) is 0 Å². The number of benzene rings is 2. The van der Waals surface area contributed by atoms with Crippen molar-refractivity contribution in [3.63, 3.8) is 0 Å². The number of aliphatic hydroxyl groups excluding tert-OH is 1. The molecular formula is C17H19BrO. The van der Waals surface area contributed by atoms with E-state index >= 15 is 0 Å². The Hall–Kier alpha value is -1.12. The van der Waals surface area contributed by atoms with E-state index in [1.807, 2.05) is 24.3 Å². The van der Waals surface area contributed by atoms with Crippen molar-refractivity contribution in [1.29, 1.82) is 0 Å². The third kappa shape index (κ3) is 3.68. The molecule has 0 aliphatic carbocycles. The molecule has 0 bridgehead atoms. The van der Waals surface area contributed by atoms with Gasteiger partial charge in [-0.05, 0) is 41.2 Å². The molecule has 100 valence electrons. The van der Waals surface area contributed by atoms with Crippen molar-refractivity contribution in [3.8, 4) is 11.1 Å². The second-order valence-electron chi connectivity index (χ2n) is 5.25. The molecule has 1 N–H and O–H groups in total. The maximum atomic E-state index is 10.3. The van der Waals surface area contributed by atoms with Crippen LogP contribution in [-0.4, -0.2) is 5.11 Å². The topological polar surface area (TPSA) is 20.2 Å². The summed E-state index contributed by atoms with van der Waals surface area (Å²) in [6, 6.07) is 16.4. The number of hydrogen-bond acceptors (Lipinski definition) is 1. The fourth-order valence-electron chi connectivity index (χ4n) is 2.18. The van der Waals surface area contributed by atoms with E-state index in [0.717, 1.165) is 22.0 Å². The van der Waals surface area contributed by atoms with E-state index in [1.165, 1.54) is 5.56 Å². The molecule has 1 nitrogen and oxygen atoms in total. The van der Waals surface area contributed by atoms with Gasteiger partial charge in [0.15, 0.2) is 0 Å². The zero-order valence-electron chi connectivity index (χ0n) is 11.3. The Morgan fingerprint density at radius 3 is 2.32 bits per heavy atom. The normalized spacial score (nSPS) is 12.7. The summed E-state index contributed by atoms with van der Waals surface area (Å²) < 4.78 is 0.973. The third-order valence-corrected chi connectivity index (χ3v) is 3.88. The highest BCUT2D eigenvalue weighted by Crippen LogP contribution is 2.32. The van der Waals surface area contributed by atoms with Gasteiger partial charge < -0.3 is 5.11 Å². The van der Waals surface area contributed by atoms with E-state index in [2.05, 4.69) is 54.0 Å². The van der Waals surface area contributed by atoms with Gasteiger partial charge in [0, 0.05) is 4.47 Å². The molecule has 0 saturated heterocycles. The Bertz CT molecular complexity index is 534. The van der Waals surface area contributed by atoms with Gasteiger partial charge in [-0.3, -0.25) is 0 Å². The predicted molar refractivity (Wildman–Crippen MR) is 84.0 cm³/mol. The van der Waals surface area contributed by atoms with Crippen molar-refractivity contribution in [2.75, 3.05) is 0 Å². The number of halogens is 1. The van der Waals surface area contributed by atoms with Gasteiger partial charge in [-0.1, -0.05) is 66.2 Å². The van der Waals surface area contributed by atoms with Crippen LogP contribution in [-0.2, 0) is 0 Å². The Morgan fingerprint density at radius 2 is 1.68 bits per heavy atom. The van der Waals surface area contributed by atoms with Crippen LogP contribution >= 0.6 is 15.9 Å². The zero-order chi connectivity index (χ0) is 13.8. The number of aliphatic hydroxyl groups is 1. The molecule has 19 heavy (non-hydrogen) atoms.